The third-order valence-electron chi connectivity index (χ3n) is 4.11. The molecule has 0 saturated heterocycles. The van der Waals surface area contributed by atoms with Crippen molar-refractivity contribution in [2.75, 3.05) is 13.2 Å². The van der Waals surface area contributed by atoms with E-state index >= 15 is 0 Å². The van der Waals surface area contributed by atoms with Crippen LogP contribution >= 0.6 is 0 Å². The summed E-state index contributed by atoms with van der Waals surface area (Å²) in [5, 5.41) is 0. The van der Waals surface area contributed by atoms with E-state index in [0.717, 1.165) is 25.0 Å². The first-order valence-corrected chi connectivity index (χ1v) is 9.05. The summed E-state index contributed by atoms with van der Waals surface area (Å²) in [6.45, 7) is 8.02. The van der Waals surface area contributed by atoms with Crippen LogP contribution in [0.3, 0.4) is 0 Å². The topological polar surface area (TPSA) is 18.5 Å². The summed E-state index contributed by atoms with van der Waals surface area (Å²) in [6.07, 6.45) is 8.85. The number of hydrogen-bond acceptors (Lipinski definition) is 2. The Hall–Kier alpha value is -0.123. The van der Waals surface area contributed by atoms with Gasteiger partial charge >= 0.3 is 8.56 Å². The normalized spacial score (nSPS) is 33.3. The molecule has 3 unspecified atom stereocenters. The van der Waals surface area contributed by atoms with E-state index in [0.29, 0.717) is 5.54 Å². The Balaban J connectivity index is 2.11. The van der Waals surface area contributed by atoms with Crippen molar-refractivity contribution in [2.24, 2.45) is 11.8 Å². The minimum atomic E-state index is -1.95. The molecule has 1 fully saturated rings. The number of hydrogen-bond donors (Lipinski definition) is 0. The van der Waals surface area contributed by atoms with Crippen molar-refractivity contribution in [3.63, 3.8) is 0 Å². The van der Waals surface area contributed by atoms with Gasteiger partial charge in [-0.15, -0.1) is 0 Å². The largest absolute Gasteiger partial charge is 0.394 e. The Morgan fingerprint density at radius 3 is 2.19 bits per heavy atom. The highest BCUT2D eigenvalue weighted by molar-refractivity contribution is 6.67. The van der Waals surface area contributed by atoms with Gasteiger partial charge in [-0.3, -0.25) is 0 Å². The van der Waals surface area contributed by atoms with Crippen LogP contribution in [0.2, 0.25) is 12.1 Å². The predicted molar refractivity (Wildman–Crippen MR) is 68.6 cm³/mol. The second-order valence-electron chi connectivity index (χ2n) is 5.11. The Labute approximate surface area is 100 Å². The zero-order valence-corrected chi connectivity index (χ0v) is 11.7. The lowest BCUT2D eigenvalue weighted by molar-refractivity contribution is 0.154. The maximum atomic E-state index is 6.04. The molecular formula is C13H24O2Si. The van der Waals surface area contributed by atoms with Crippen molar-refractivity contribution in [1.29, 1.82) is 0 Å². The van der Waals surface area contributed by atoms with Crippen LogP contribution in [0.1, 0.15) is 33.1 Å². The summed E-state index contributed by atoms with van der Waals surface area (Å²) in [7, 11) is -1.95. The fourth-order valence-electron chi connectivity index (χ4n) is 3.36. The van der Waals surface area contributed by atoms with Crippen LogP contribution < -0.4 is 0 Å². The molecule has 3 heteroatoms. The third-order valence-corrected chi connectivity index (χ3v) is 7.84. The van der Waals surface area contributed by atoms with E-state index < -0.39 is 8.56 Å². The molecule has 2 nitrogen and oxygen atoms in total. The first kappa shape index (κ1) is 12.3. The predicted octanol–water partition coefficient (Wildman–Crippen LogP) is 3.49. The molecule has 92 valence electrons. The average molecular weight is 240 g/mol. The summed E-state index contributed by atoms with van der Waals surface area (Å²) in [6, 6.07) is 0. The van der Waals surface area contributed by atoms with E-state index in [4.69, 9.17) is 8.85 Å². The highest BCUT2D eigenvalue weighted by atomic mass is 28.4. The monoisotopic (exact) mass is 240 g/mol. The van der Waals surface area contributed by atoms with Gasteiger partial charge in [0.15, 0.2) is 0 Å². The fourth-order valence-corrected chi connectivity index (χ4v) is 6.81. The molecule has 2 bridgehead atoms. The van der Waals surface area contributed by atoms with Gasteiger partial charge in [0, 0.05) is 18.8 Å². The number of allylic oxidation sites excluding steroid dienone is 2. The highest BCUT2D eigenvalue weighted by Crippen LogP contribution is 2.49. The molecule has 0 aromatic rings. The Morgan fingerprint density at radius 1 is 1.12 bits per heavy atom. The second-order valence-corrected chi connectivity index (χ2v) is 8.46. The van der Waals surface area contributed by atoms with Crippen LogP contribution in [0.15, 0.2) is 12.2 Å². The van der Waals surface area contributed by atoms with Gasteiger partial charge in [-0.2, -0.15) is 0 Å². The van der Waals surface area contributed by atoms with Gasteiger partial charge in [0.1, 0.15) is 0 Å². The first-order valence-electron chi connectivity index (χ1n) is 6.65. The molecule has 3 rings (SSSR count). The standard InChI is InChI=1S/C13H24O2Si/c1-4-14-16(3,15-5-2)13-10-11-6-8-12(13)9-7-11/h6,8,11-13H,4-5,7,9-10H2,1-3H3. The molecule has 0 amide bonds. The van der Waals surface area contributed by atoms with E-state index in [-0.39, 0.29) is 0 Å². The van der Waals surface area contributed by atoms with Gasteiger partial charge in [0.25, 0.3) is 0 Å². The number of rotatable bonds is 5. The molecule has 0 aromatic carbocycles. The summed E-state index contributed by atoms with van der Waals surface area (Å²) in [5.74, 6) is 1.52. The van der Waals surface area contributed by atoms with E-state index in [1.807, 2.05) is 0 Å². The molecule has 0 aliphatic heterocycles. The van der Waals surface area contributed by atoms with Crippen LogP contribution in [-0.2, 0) is 8.85 Å². The smallest absolute Gasteiger partial charge is 0.338 e. The van der Waals surface area contributed by atoms with Gasteiger partial charge in [-0.05, 0) is 51.5 Å². The molecule has 0 radical (unpaired) electrons. The minimum absolute atomic E-state index is 0.677. The van der Waals surface area contributed by atoms with E-state index in [1.54, 1.807) is 0 Å². The lowest BCUT2D eigenvalue weighted by Gasteiger charge is -2.45. The lowest BCUT2D eigenvalue weighted by atomic mass is 9.76. The molecule has 1 saturated carbocycles. The first-order chi connectivity index (χ1) is 7.69. The maximum Gasteiger partial charge on any atom is 0.338 e. The maximum absolute atomic E-state index is 6.04. The Kier molecular flexibility index (Phi) is 3.87. The Bertz CT molecular complexity index is 259. The second kappa shape index (κ2) is 5.03. The zero-order valence-electron chi connectivity index (χ0n) is 10.7. The van der Waals surface area contributed by atoms with E-state index in [2.05, 4.69) is 32.5 Å². The summed E-state index contributed by atoms with van der Waals surface area (Å²) in [5.41, 5.74) is 0.677. The minimum Gasteiger partial charge on any atom is -0.394 e. The summed E-state index contributed by atoms with van der Waals surface area (Å²) < 4.78 is 12.1. The quantitative estimate of drug-likeness (QED) is 0.541. The van der Waals surface area contributed by atoms with Crippen molar-refractivity contribution in [3.8, 4) is 0 Å². The van der Waals surface area contributed by atoms with Crippen LogP contribution in [0, 0.1) is 11.8 Å². The SMILES string of the molecule is CCO[Si](C)(OCC)C1CC2C=CC1CC2. The van der Waals surface area contributed by atoms with Crippen molar-refractivity contribution in [2.45, 2.75) is 45.2 Å². The van der Waals surface area contributed by atoms with Crippen LogP contribution in [0.4, 0.5) is 0 Å². The molecule has 3 aliphatic rings. The molecule has 0 aromatic heterocycles. The van der Waals surface area contributed by atoms with Gasteiger partial charge in [0.2, 0.25) is 0 Å². The third kappa shape index (κ3) is 2.26. The lowest BCUT2D eigenvalue weighted by Crippen LogP contribution is -2.49. The molecular weight excluding hydrogens is 216 g/mol. The molecule has 3 atom stereocenters. The number of fused-ring (bicyclic) bond motifs is 2. The highest BCUT2D eigenvalue weighted by Gasteiger charge is 2.48. The summed E-state index contributed by atoms with van der Waals surface area (Å²) >= 11 is 0. The van der Waals surface area contributed by atoms with Crippen LogP contribution in [0.5, 0.6) is 0 Å². The van der Waals surface area contributed by atoms with Crippen molar-refractivity contribution >= 4 is 8.56 Å². The van der Waals surface area contributed by atoms with Gasteiger partial charge in [-0.25, -0.2) is 0 Å². The average Bonchev–Trinajstić information content (AvgIpc) is 2.31. The van der Waals surface area contributed by atoms with Gasteiger partial charge in [0.05, 0.1) is 0 Å². The zero-order chi connectivity index (χ0) is 11.6. The molecule has 0 N–H and O–H groups in total. The molecule has 3 aliphatic carbocycles. The van der Waals surface area contributed by atoms with Crippen LogP contribution in [0.25, 0.3) is 0 Å². The van der Waals surface area contributed by atoms with E-state index in [1.165, 1.54) is 19.3 Å². The van der Waals surface area contributed by atoms with Gasteiger partial charge < -0.3 is 8.85 Å². The van der Waals surface area contributed by atoms with Crippen molar-refractivity contribution in [1.82, 2.24) is 0 Å². The summed E-state index contributed by atoms with van der Waals surface area (Å²) in [4.78, 5) is 0. The fraction of sp³-hybridized carbons (Fsp3) is 0.846. The Morgan fingerprint density at radius 2 is 1.81 bits per heavy atom. The van der Waals surface area contributed by atoms with Gasteiger partial charge in [-0.1, -0.05) is 12.2 Å². The molecule has 0 spiro atoms. The van der Waals surface area contributed by atoms with Crippen molar-refractivity contribution < 1.29 is 8.85 Å². The van der Waals surface area contributed by atoms with Crippen molar-refractivity contribution in [3.05, 3.63) is 12.2 Å². The molecule has 16 heavy (non-hydrogen) atoms. The van der Waals surface area contributed by atoms with Crippen LogP contribution in [-0.4, -0.2) is 21.8 Å². The van der Waals surface area contributed by atoms with E-state index in [9.17, 15) is 0 Å². The molecule has 0 heterocycles.